The van der Waals surface area contributed by atoms with Crippen LogP contribution in [-0.2, 0) is 6.54 Å². The van der Waals surface area contributed by atoms with Crippen molar-refractivity contribution in [1.82, 2.24) is 4.90 Å². The summed E-state index contributed by atoms with van der Waals surface area (Å²) in [5.41, 5.74) is 2.75. The molecule has 0 amide bonds. The summed E-state index contributed by atoms with van der Waals surface area (Å²) in [7, 11) is 0. The molecule has 0 atom stereocenters. The minimum atomic E-state index is 0.230. The van der Waals surface area contributed by atoms with Crippen LogP contribution in [-0.4, -0.2) is 24.2 Å². The Morgan fingerprint density at radius 1 is 1.40 bits per heavy atom. The van der Waals surface area contributed by atoms with E-state index in [0.29, 0.717) is 6.42 Å². The van der Waals surface area contributed by atoms with Gasteiger partial charge in [-0.1, -0.05) is 31.0 Å². The standard InChI is InChI=1S/C16H23N3S/c1-16(6-9-17)7-10-19(11-8-16)13-14-4-3-5-15(12-14)18-20-2/h3-5,12,18H,6-8,10-11,13H2,1-2H3. The van der Waals surface area contributed by atoms with E-state index in [-0.39, 0.29) is 5.41 Å². The Kier molecular flexibility index (Phi) is 5.33. The molecule has 0 aromatic heterocycles. The maximum atomic E-state index is 8.89. The third-order valence-corrected chi connectivity index (χ3v) is 4.56. The second-order valence-corrected chi connectivity index (χ2v) is 6.54. The number of nitrogens with one attached hydrogen (secondary N) is 1. The van der Waals surface area contributed by atoms with Crippen LogP contribution in [0.15, 0.2) is 24.3 Å². The van der Waals surface area contributed by atoms with Gasteiger partial charge in [0.2, 0.25) is 0 Å². The number of nitrogens with zero attached hydrogens (tertiary/aromatic N) is 2. The summed E-state index contributed by atoms with van der Waals surface area (Å²) in [5, 5.41) is 8.89. The summed E-state index contributed by atoms with van der Waals surface area (Å²) < 4.78 is 3.28. The first-order valence-corrected chi connectivity index (χ1v) is 8.35. The third-order valence-electron chi connectivity index (χ3n) is 4.12. The van der Waals surface area contributed by atoms with E-state index in [1.165, 1.54) is 11.3 Å². The first-order chi connectivity index (χ1) is 9.65. The first-order valence-electron chi connectivity index (χ1n) is 7.12. The van der Waals surface area contributed by atoms with Gasteiger partial charge in [-0.25, -0.2) is 0 Å². The highest BCUT2D eigenvalue weighted by atomic mass is 32.2. The molecule has 4 heteroatoms. The van der Waals surface area contributed by atoms with Gasteiger partial charge in [0.1, 0.15) is 0 Å². The number of hydrogen-bond donors (Lipinski definition) is 1. The van der Waals surface area contributed by atoms with Crippen molar-refractivity contribution in [2.24, 2.45) is 5.41 Å². The molecule has 0 saturated carbocycles. The van der Waals surface area contributed by atoms with Gasteiger partial charge < -0.3 is 4.72 Å². The van der Waals surface area contributed by atoms with Crippen LogP contribution in [0.5, 0.6) is 0 Å². The highest BCUT2D eigenvalue weighted by Crippen LogP contribution is 2.34. The van der Waals surface area contributed by atoms with E-state index in [9.17, 15) is 0 Å². The summed E-state index contributed by atoms with van der Waals surface area (Å²) in [5.74, 6) is 0. The molecule has 2 rings (SSSR count). The molecule has 0 aliphatic carbocycles. The molecular weight excluding hydrogens is 266 g/mol. The Bertz CT molecular complexity index is 473. The minimum Gasteiger partial charge on any atom is -0.330 e. The number of rotatable bonds is 5. The van der Waals surface area contributed by atoms with Crippen LogP contribution < -0.4 is 4.72 Å². The molecule has 1 aliphatic rings. The zero-order valence-corrected chi connectivity index (χ0v) is 13.2. The molecule has 20 heavy (non-hydrogen) atoms. The number of benzene rings is 1. The molecule has 3 nitrogen and oxygen atoms in total. The lowest BCUT2D eigenvalue weighted by molar-refractivity contribution is 0.116. The molecule has 0 spiro atoms. The maximum Gasteiger partial charge on any atom is 0.0627 e. The van der Waals surface area contributed by atoms with Crippen LogP contribution in [0.1, 0.15) is 31.7 Å². The van der Waals surface area contributed by atoms with Gasteiger partial charge in [0.05, 0.1) is 6.07 Å². The van der Waals surface area contributed by atoms with Gasteiger partial charge in [-0.05, 0) is 49.0 Å². The van der Waals surface area contributed by atoms with Crippen LogP contribution >= 0.6 is 11.9 Å². The van der Waals surface area contributed by atoms with E-state index in [1.807, 2.05) is 6.26 Å². The second-order valence-electron chi connectivity index (χ2n) is 5.93. The number of anilines is 1. The molecule has 0 unspecified atom stereocenters. The number of piperidine rings is 1. The van der Waals surface area contributed by atoms with Gasteiger partial charge in [0, 0.05) is 24.9 Å². The Balaban J connectivity index is 1.89. The molecule has 1 N–H and O–H groups in total. The van der Waals surface area contributed by atoms with Gasteiger partial charge in [-0.2, -0.15) is 5.26 Å². The fraction of sp³-hybridized carbons (Fsp3) is 0.562. The third kappa shape index (κ3) is 4.16. The van der Waals surface area contributed by atoms with Crippen molar-refractivity contribution in [3.05, 3.63) is 29.8 Å². The van der Waals surface area contributed by atoms with E-state index in [0.717, 1.165) is 32.5 Å². The van der Waals surface area contributed by atoms with E-state index in [2.05, 4.69) is 46.9 Å². The molecule has 0 radical (unpaired) electrons. The van der Waals surface area contributed by atoms with Crippen LogP contribution in [0.2, 0.25) is 0 Å². The van der Waals surface area contributed by atoms with Crippen molar-refractivity contribution in [3.63, 3.8) is 0 Å². The lowest BCUT2D eigenvalue weighted by Crippen LogP contribution is -2.38. The summed E-state index contributed by atoms with van der Waals surface area (Å²) in [6.45, 7) is 5.44. The van der Waals surface area contributed by atoms with Crippen LogP contribution in [0.3, 0.4) is 0 Å². The number of likely N-dealkylation sites (tertiary alicyclic amines) is 1. The Morgan fingerprint density at radius 3 is 2.80 bits per heavy atom. The molecule has 1 aliphatic heterocycles. The topological polar surface area (TPSA) is 39.1 Å². The fourth-order valence-electron chi connectivity index (χ4n) is 2.73. The van der Waals surface area contributed by atoms with Crippen molar-refractivity contribution in [3.8, 4) is 6.07 Å². The van der Waals surface area contributed by atoms with Crippen LogP contribution in [0.4, 0.5) is 5.69 Å². The Morgan fingerprint density at radius 2 is 2.15 bits per heavy atom. The predicted octanol–water partition coefficient (Wildman–Crippen LogP) is 3.89. The summed E-state index contributed by atoms with van der Waals surface area (Å²) in [6.07, 6.45) is 4.98. The van der Waals surface area contributed by atoms with Crippen molar-refractivity contribution in [2.45, 2.75) is 32.7 Å². The molecule has 108 valence electrons. The van der Waals surface area contributed by atoms with Crippen molar-refractivity contribution in [1.29, 1.82) is 5.26 Å². The molecule has 1 heterocycles. The smallest absolute Gasteiger partial charge is 0.0627 e. The molecule has 1 fully saturated rings. The van der Waals surface area contributed by atoms with Gasteiger partial charge in [0.25, 0.3) is 0 Å². The SMILES string of the molecule is CSNc1cccc(CN2CCC(C)(CC#N)CC2)c1. The number of hydrogen-bond acceptors (Lipinski definition) is 4. The van der Waals surface area contributed by atoms with E-state index < -0.39 is 0 Å². The molecule has 1 aromatic rings. The quantitative estimate of drug-likeness (QED) is 0.835. The van der Waals surface area contributed by atoms with Gasteiger partial charge >= 0.3 is 0 Å². The van der Waals surface area contributed by atoms with Crippen LogP contribution in [0.25, 0.3) is 0 Å². The Labute approximate surface area is 126 Å². The van der Waals surface area contributed by atoms with Gasteiger partial charge in [0.15, 0.2) is 0 Å². The largest absolute Gasteiger partial charge is 0.330 e. The molecular formula is C16H23N3S. The Hall–Kier alpha value is -1.18. The zero-order valence-electron chi connectivity index (χ0n) is 12.4. The maximum absolute atomic E-state index is 8.89. The van der Waals surface area contributed by atoms with E-state index in [1.54, 1.807) is 11.9 Å². The fourth-order valence-corrected chi connectivity index (χ4v) is 3.09. The van der Waals surface area contributed by atoms with Gasteiger partial charge in [-0.15, -0.1) is 0 Å². The molecule has 0 bridgehead atoms. The normalized spacial score (nSPS) is 18.4. The second kappa shape index (κ2) is 7.01. The van der Waals surface area contributed by atoms with Crippen molar-refractivity contribution in [2.75, 3.05) is 24.1 Å². The van der Waals surface area contributed by atoms with Crippen molar-refractivity contribution < 1.29 is 0 Å². The lowest BCUT2D eigenvalue weighted by atomic mass is 9.78. The monoisotopic (exact) mass is 289 g/mol. The highest BCUT2D eigenvalue weighted by Gasteiger charge is 2.29. The highest BCUT2D eigenvalue weighted by molar-refractivity contribution is 7.99. The van der Waals surface area contributed by atoms with E-state index in [4.69, 9.17) is 5.26 Å². The summed E-state index contributed by atoms with van der Waals surface area (Å²) >= 11 is 1.62. The lowest BCUT2D eigenvalue weighted by Gasteiger charge is -2.38. The van der Waals surface area contributed by atoms with E-state index >= 15 is 0 Å². The van der Waals surface area contributed by atoms with Gasteiger partial charge in [-0.3, -0.25) is 4.90 Å². The summed E-state index contributed by atoms with van der Waals surface area (Å²) in [4.78, 5) is 2.50. The average molecular weight is 289 g/mol. The minimum absolute atomic E-state index is 0.230. The van der Waals surface area contributed by atoms with Crippen LogP contribution in [0, 0.1) is 16.7 Å². The molecule has 1 saturated heterocycles. The predicted molar refractivity (Wildman–Crippen MR) is 86.4 cm³/mol. The average Bonchev–Trinajstić information content (AvgIpc) is 2.43. The number of nitriles is 1. The zero-order chi connectivity index (χ0) is 14.4. The summed E-state index contributed by atoms with van der Waals surface area (Å²) in [6, 6.07) is 11.0. The van der Waals surface area contributed by atoms with Crippen molar-refractivity contribution >= 4 is 17.6 Å². The molecule has 1 aromatic carbocycles. The first kappa shape index (κ1) is 15.2.